The van der Waals surface area contributed by atoms with Gasteiger partial charge in [-0.3, -0.25) is 4.90 Å². The summed E-state index contributed by atoms with van der Waals surface area (Å²) < 4.78 is 2.51. The summed E-state index contributed by atoms with van der Waals surface area (Å²) >= 11 is 1.80. The fraction of sp³-hybridized carbons (Fsp3) is 0.367. The molecule has 3 aromatic heterocycles. The zero-order valence-corrected chi connectivity index (χ0v) is 22.4. The Hall–Kier alpha value is -3.29. The van der Waals surface area contributed by atoms with E-state index in [0.29, 0.717) is 0 Å². The molecule has 0 unspecified atom stereocenters. The molecule has 188 valence electrons. The van der Waals surface area contributed by atoms with Gasteiger partial charge in [-0.1, -0.05) is 36.4 Å². The predicted molar refractivity (Wildman–Crippen MR) is 152 cm³/mol. The van der Waals surface area contributed by atoms with Gasteiger partial charge in [0.15, 0.2) is 5.82 Å². The van der Waals surface area contributed by atoms with Crippen molar-refractivity contribution in [1.82, 2.24) is 24.4 Å². The largest absolute Gasteiger partial charge is 0.352 e. The maximum Gasteiger partial charge on any atom is 0.156 e. The molecule has 0 bridgehead atoms. The summed E-state index contributed by atoms with van der Waals surface area (Å²) in [5.41, 5.74) is 7.44. The van der Waals surface area contributed by atoms with Crippen LogP contribution in [0, 0.1) is 13.8 Å². The van der Waals surface area contributed by atoms with Gasteiger partial charge in [0, 0.05) is 49.8 Å². The number of aryl methyl sites for hydroxylation is 3. The Morgan fingerprint density at radius 3 is 2.54 bits per heavy atom. The van der Waals surface area contributed by atoms with Crippen LogP contribution < -0.4 is 4.90 Å². The summed E-state index contributed by atoms with van der Waals surface area (Å²) in [6, 6.07) is 15.5. The van der Waals surface area contributed by atoms with Crippen molar-refractivity contribution in [3.05, 3.63) is 70.6 Å². The lowest BCUT2D eigenvalue weighted by Gasteiger charge is -2.36. The van der Waals surface area contributed by atoms with E-state index in [1.54, 1.807) is 17.7 Å². The second kappa shape index (κ2) is 9.23. The van der Waals surface area contributed by atoms with Crippen molar-refractivity contribution >= 4 is 39.0 Å². The Morgan fingerprint density at radius 1 is 0.892 bits per heavy atom. The Kier molecular flexibility index (Phi) is 5.70. The molecule has 5 heterocycles. The van der Waals surface area contributed by atoms with Crippen LogP contribution in [0.15, 0.2) is 48.8 Å². The molecule has 0 aliphatic carbocycles. The minimum Gasteiger partial charge on any atom is -0.352 e. The van der Waals surface area contributed by atoms with Crippen molar-refractivity contribution in [2.45, 2.75) is 46.2 Å². The molecule has 2 aliphatic rings. The van der Waals surface area contributed by atoms with E-state index in [-0.39, 0.29) is 0 Å². The van der Waals surface area contributed by atoms with E-state index in [0.717, 1.165) is 67.7 Å². The van der Waals surface area contributed by atoms with Crippen molar-refractivity contribution in [2.75, 3.05) is 31.1 Å². The van der Waals surface area contributed by atoms with E-state index in [2.05, 4.69) is 70.7 Å². The molecule has 0 saturated carbocycles. The van der Waals surface area contributed by atoms with Crippen LogP contribution in [0.1, 0.15) is 34.7 Å². The van der Waals surface area contributed by atoms with Crippen LogP contribution in [-0.2, 0) is 19.5 Å². The molecule has 7 heteroatoms. The standard InChI is InChI=1S/C30H32N6S/c1-20-21(2)37-30(33-20)26-25-9-5-6-12-36(25)28-27(26)31-19-32-29(28)35-15-13-34(14-16-35)18-22-10-11-23-7-3-4-8-24(23)17-22/h3-4,7-8,10-11,17,19H,5-6,9,12-16,18H2,1-2H3. The van der Waals surface area contributed by atoms with Crippen molar-refractivity contribution in [3.63, 3.8) is 0 Å². The lowest BCUT2D eigenvalue weighted by Crippen LogP contribution is -2.46. The van der Waals surface area contributed by atoms with Gasteiger partial charge in [-0.25, -0.2) is 15.0 Å². The molecule has 6 nitrogen and oxygen atoms in total. The van der Waals surface area contributed by atoms with Crippen LogP contribution in [0.2, 0.25) is 0 Å². The smallest absolute Gasteiger partial charge is 0.156 e. The van der Waals surface area contributed by atoms with Crippen LogP contribution in [0.3, 0.4) is 0 Å². The van der Waals surface area contributed by atoms with Gasteiger partial charge in [-0.05, 0) is 55.5 Å². The third-order valence-electron chi connectivity index (χ3n) is 8.10. The molecule has 0 amide bonds. The van der Waals surface area contributed by atoms with E-state index in [1.807, 2.05) is 0 Å². The number of aromatic nitrogens is 4. The Balaban J connectivity index is 1.18. The SMILES string of the molecule is Cc1nc(-c2c3n(c4c(N5CCN(Cc6ccc7ccccc7c6)CC5)ncnc24)CCCC3)sc1C. The zero-order chi connectivity index (χ0) is 24.9. The minimum absolute atomic E-state index is 0.977. The fourth-order valence-electron chi connectivity index (χ4n) is 6.03. The van der Waals surface area contributed by atoms with Gasteiger partial charge in [0.25, 0.3) is 0 Å². The maximum absolute atomic E-state index is 4.95. The van der Waals surface area contributed by atoms with E-state index in [1.165, 1.54) is 50.8 Å². The van der Waals surface area contributed by atoms with Gasteiger partial charge in [0.1, 0.15) is 22.4 Å². The summed E-state index contributed by atoms with van der Waals surface area (Å²) in [5.74, 6) is 1.09. The van der Waals surface area contributed by atoms with Crippen molar-refractivity contribution in [1.29, 1.82) is 0 Å². The van der Waals surface area contributed by atoms with E-state index < -0.39 is 0 Å². The number of nitrogens with zero attached hydrogens (tertiary/aromatic N) is 6. The van der Waals surface area contributed by atoms with Crippen molar-refractivity contribution in [2.24, 2.45) is 0 Å². The lowest BCUT2D eigenvalue weighted by atomic mass is 10.1. The van der Waals surface area contributed by atoms with Gasteiger partial charge in [-0.15, -0.1) is 11.3 Å². The van der Waals surface area contributed by atoms with Crippen LogP contribution >= 0.6 is 11.3 Å². The van der Waals surface area contributed by atoms with Crippen LogP contribution in [-0.4, -0.2) is 50.6 Å². The number of hydrogen-bond acceptors (Lipinski definition) is 6. The summed E-state index contributed by atoms with van der Waals surface area (Å²) in [5, 5.41) is 3.74. The lowest BCUT2D eigenvalue weighted by molar-refractivity contribution is 0.249. The number of piperazine rings is 1. The van der Waals surface area contributed by atoms with E-state index >= 15 is 0 Å². The molecule has 0 atom stereocenters. The van der Waals surface area contributed by atoms with Gasteiger partial charge in [0.05, 0.1) is 11.3 Å². The number of anilines is 1. The molecule has 0 N–H and O–H groups in total. The van der Waals surface area contributed by atoms with E-state index in [4.69, 9.17) is 15.0 Å². The molecule has 37 heavy (non-hydrogen) atoms. The monoisotopic (exact) mass is 508 g/mol. The quantitative estimate of drug-likeness (QED) is 0.299. The maximum atomic E-state index is 4.95. The van der Waals surface area contributed by atoms with Gasteiger partial charge < -0.3 is 9.47 Å². The molecule has 0 spiro atoms. The average molecular weight is 509 g/mol. The summed E-state index contributed by atoms with van der Waals surface area (Å²) in [7, 11) is 0. The molecule has 1 saturated heterocycles. The summed E-state index contributed by atoms with van der Waals surface area (Å²) in [6.45, 7) is 10.3. The van der Waals surface area contributed by atoms with Gasteiger partial charge >= 0.3 is 0 Å². The first kappa shape index (κ1) is 22.9. The number of fused-ring (bicyclic) bond motifs is 4. The average Bonchev–Trinajstić information content (AvgIpc) is 3.45. The molecule has 7 rings (SSSR count). The molecule has 2 aromatic carbocycles. The second-order valence-electron chi connectivity index (χ2n) is 10.4. The highest BCUT2D eigenvalue weighted by Crippen LogP contribution is 2.41. The number of rotatable bonds is 4. The highest BCUT2D eigenvalue weighted by Gasteiger charge is 2.29. The first-order chi connectivity index (χ1) is 18.2. The molecule has 2 aliphatic heterocycles. The number of benzene rings is 2. The van der Waals surface area contributed by atoms with Crippen molar-refractivity contribution < 1.29 is 0 Å². The first-order valence-electron chi connectivity index (χ1n) is 13.4. The highest BCUT2D eigenvalue weighted by molar-refractivity contribution is 7.15. The van der Waals surface area contributed by atoms with Crippen molar-refractivity contribution in [3.8, 4) is 10.6 Å². The van der Waals surface area contributed by atoms with Gasteiger partial charge in [-0.2, -0.15) is 0 Å². The third kappa shape index (κ3) is 4.01. The minimum atomic E-state index is 0.977. The number of thiazole rings is 1. The van der Waals surface area contributed by atoms with Crippen LogP contribution in [0.25, 0.3) is 32.4 Å². The second-order valence-corrected chi connectivity index (χ2v) is 11.6. The van der Waals surface area contributed by atoms with Crippen LogP contribution in [0.4, 0.5) is 5.82 Å². The number of hydrogen-bond donors (Lipinski definition) is 0. The zero-order valence-electron chi connectivity index (χ0n) is 21.6. The fourth-order valence-corrected chi connectivity index (χ4v) is 7.01. The Morgan fingerprint density at radius 2 is 1.73 bits per heavy atom. The molecule has 0 radical (unpaired) electrons. The van der Waals surface area contributed by atoms with Crippen LogP contribution in [0.5, 0.6) is 0 Å². The Labute approximate surface area is 221 Å². The van der Waals surface area contributed by atoms with E-state index in [9.17, 15) is 0 Å². The molecular weight excluding hydrogens is 476 g/mol. The molecular formula is C30H32N6S. The topological polar surface area (TPSA) is 50.1 Å². The van der Waals surface area contributed by atoms with Gasteiger partial charge in [0.2, 0.25) is 0 Å². The first-order valence-corrected chi connectivity index (χ1v) is 14.2. The summed E-state index contributed by atoms with van der Waals surface area (Å²) in [4.78, 5) is 21.0. The highest BCUT2D eigenvalue weighted by atomic mass is 32.1. The summed E-state index contributed by atoms with van der Waals surface area (Å²) in [6.07, 6.45) is 5.28. The molecule has 1 fully saturated rings. The Bertz CT molecular complexity index is 1590. The third-order valence-corrected chi connectivity index (χ3v) is 9.19. The normalized spacial score (nSPS) is 16.5. The predicted octanol–water partition coefficient (Wildman–Crippen LogP) is 5.98. The molecule has 5 aromatic rings.